The van der Waals surface area contributed by atoms with E-state index >= 15 is 0 Å². The fraction of sp³-hybridized carbons (Fsp3) is 0.857. The second-order valence-electron chi connectivity index (χ2n) is 7.30. The van der Waals surface area contributed by atoms with Crippen molar-refractivity contribution < 1.29 is 53.8 Å². The molecule has 0 spiro atoms. The molecule has 0 aromatic carbocycles. The van der Waals surface area contributed by atoms with Crippen LogP contribution in [0.25, 0.3) is 0 Å². The van der Waals surface area contributed by atoms with Crippen molar-refractivity contribution in [3.05, 3.63) is 0 Å². The van der Waals surface area contributed by atoms with E-state index in [9.17, 15) is 19.5 Å². The summed E-state index contributed by atoms with van der Waals surface area (Å²) in [6, 6.07) is -1.10. The van der Waals surface area contributed by atoms with Gasteiger partial charge in [0, 0.05) is 12.4 Å². The molecule has 1 atom stereocenters. The summed E-state index contributed by atoms with van der Waals surface area (Å²) in [6.07, 6.45) is 15.6. The van der Waals surface area contributed by atoms with Gasteiger partial charge in [0.25, 0.3) is 0 Å². The molecule has 0 aliphatic heterocycles. The molecule has 0 radical (unpaired) electrons. The third-order valence-corrected chi connectivity index (χ3v) is 4.66. The van der Waals surface area contributed by atoms with E-state index in [4.69, 9.17) is 5.73 Å². The number of aliphatic carboxylic acids is 1. The number of hydrogen-bond acceptors (Lipinski definition) is 6. The van der Waals surface area contributed by atoms with Crippen molar-refractivity contribution in [2.24, 2.45) is 5.73 Å². The Morgan fingerprint density at radius 2 is 1.21 bits per heavy atom. The van der Waals surface area contributed by atoms with E-state index in [1.54, 1.807) is 0 Å². The van der Waals surface area contributed by atoms with Gasteiger partial charge in [0.15, 0.2) is 0 Å². The summed E-state index contributed by atoms with van der Waals surface area (Å²) in [5.41, 5.74) is 5.47. The monoisotopic (exact) mass is 407 g/mol. The van der Waals surface area contributed by atoms with Crippen molar-refractivity contribution in [1.29, 1.82) is 0 Å². The quantitative estimate of drug-likeness (QED) is 0.152. The van der Waals surface area contributed by atoms with Gasteiger partial charge in [0.1, 0.15) is 6.04 Å². The summed E-state index contributed by atoms with van der Waals surface area (Å²) in [4.78, 5) is 33.4. The van der Waals surface area contributed by atoms with Gasteiger partial charge in [-0.05, 0) is 19.3 Å². The smallest absolute Gasteiger partial charge is 0.550 e. The zero-order valence-electron chi connectivity index (χ0n) is 18.0. The largest absolute Gasteiger partial charge is 1.00 e. The molecule has 1 unspecified atom stereocenters. The molecule has 7 heteroatoms. The molecule has 0 heterocycles. The summed E-state index contributed by atoms with van der Waals surface area (Å²) in [5, 5.41) is 10.3. The molecule has 0 rings (SSSR count). The Morgan fingerprint density at radius 1 is 0.786 bits per heavy atom. The Hall–Kier alpha value is -0.430. The molecule has 0 bridgehead atoms. The molecule has 6 nitrogen and oxygen atoms in total. The molecule has 0 aliphatic carbocycles. The van der Waals surface area contributed by atoms with Gasteiger partial charge in [0.05, 0.1) is 0 Å². The molecule has 0 aromatic rings. The van der Waals surface area contributed by atoms with Crippen molar-refractivity contribution in [2.45, 2.75) is 116 Å². The van der Waals surface area contributed by atoms with Gasteiger partial charge in [-0.2, -0.15) is 0 Å². The first kappa shape index (κ1) is 29.8. The standard InChI is InChI=1S/C21H39NO5.Na/c1-2-3-4-5-6-7-8-9-10-11-12-13-14-15-20(25)27-21(26)18(22)16-17-19(23)24;/h18H,2-17,22H2,1H3,(H,23,24);/q;+1/p-1. The minimum absolute atomic E-state index is 0. The van der Waals surface area contributed by atoms with Crippen molar-refractivity contribution in [3.8, 4) is 0 Å². The molecule has 0 aromatic heterocycles. The number of carbonyl (C=O) groups excluding carboxylic acids is 3. The summed E-state index contributed by atoms with van der Waals surface area (Å²) in [5.74, 6) is -2.74. The van der Waals surface area contributed by atoms with Crippen LogP contribution in [-0.2, 0) is 19.1 Å². The molecule has 0 fully saturated rings. The summed E-state index contributed by atoms with van der Waals surface area (Å²) >= 11 is 0. The van der Waals surface area contributed by atoms with E-state index in [2.05, 4.69) is 11.7 Å². The average Bonchev–Trinajstić information content (AvgIpc) is 2.63. The van der Waals surface area contributed by atoms with E-state index in [1.165, 1.54) is 64.2 Å². The molecule has 2 N–H and O–H groups in total. The maximum absolute atomic E-state index is 11.6. The number of carboxylic acids is 1. The first-order chi connectivity index (χ1) is 13.0. The molecular formula is C21H38NNaO5. The number of unbranched alkanes of at least 4 members (excludes halogenated alkanes) is 12. The normalized spacial score (nSPS) is 11.5. The van der Waals surface area contributed by atoms with Gasteiger partial charge in [0.2, 0.25) is 0 Å². The molecular weight excluding hydrogens is 369 g/mol. The van der Waals surface area contributed by atoms with Crippen LogP contribution in [0.3, 0.4) is 0 Å². The predicted octanol–water partition coefficient (Wildman–Crippen LogP) is 0.399. The van der Waals surface area contributed by atoms with E-state index in [0.717, 1.165) is 12.8 Å². The Kier molecular flexibility index (Phi) is 22.6. The maximum Gasteiger partial charge on any atom is 1.00 e. The Labute approximate surface area is 192 Å². The van der Waals surface area contributed by atoms with Crippen molar-refractivity contribution in [3.63, 3.8) is 0 Å². The number of carboxylic acid groups (broad SMARTS) is 1. The number of nitrogens with two attached hydrogens (primary N) is 1. The SMILES string of the molecule is CCCCCCCCCCCCCCCC(=O)OC(=O)C(N)CCC(=O)[O-].[Na+]. The van der Waals surface area contributed by atoms with Crippen LogP contribution in [0.4, 0.5) is 0 Å². The number of rotatable bonds is 18. The third-order valence-electron chi connectivity index (χ3n) is 4.66. The van der Waals surface area contributed by atoms with Gasteiger partial charge >= 0.3 is 41.5 Å². The van der Waals surface area contributed by atoms with Crippen LogP contribution in [0.5, 0.6) is 0 Å². The molecule has 0 amide bonds. The number of esters is 2. The van der Waals surface area contributed by atoms with Gasteiger partial charge < -0.3 is 20.4 Å². The molecule has 158 valence electrons. The number of carbonyl (C=O) groups is 3. The first-order valence-electron chi connectivity index (χ1n) is 10.7. The summed E-state index contributed by atoms with van der Waals surface area (Å²) < 4.78 is 4.64. The molecule has 28 heavy (non-hydrogen) atoms. The van der Waals surface area contributed by atoms with Crippen LogP contribution in [-0.4, -0.2) is 23.9 Å². The molecule has 0 aliphatic rings. The van der Waals surface area contributed by atoms with Crippen molar-refractivity contribution in [2.75, 3.05) is 0 Å². The van der Waals surface area contributed by atoms with Crippen LogP contribution in [0, 0.1) is 0 Å². The van der Waals surface area contributed by atoms with Crippen LogP contribution in [0.1, 0.15) is 110 Å². The first-order valence-corrected chi connectivity index (χ1v) is 10.7. The Balaban J connectivity index is 0. The van der Waals surface area contributed by atoms with E-state index < -0.39 is 23.9 Å². The second kappa shape index (κ2) is 21.3. The number of hydrogen-bond donors (Lipinski definition) is 1. The predicted molar refractivity (Wildman–Crippen MR) is 104 cm³/mol. The van der Waals surface area contributed by atoms with Crippen LogP contribution >= 0.6 is 0 Å². The fourth-order valence-corrected chi connectivity index (χ4v) is 2.92. The van der Waals surface area contributed by atoms with Crippen LogP contribution < -0.4 is 40.4 Å². The van der Waals surface area contributed by atoms with Crippen LogP contribution in [0.15, 0.2) is 0 Å². The van der Waals surface area contributed by atoms with E-state index in [-0.39, 0.29) is 48.8 Å². The topological polar surface area (TPSA) is 110 Å². The minimum Gasteiger partial charge on any atom is -0.550 e. The third kappa shape index (κ3) is 20.3. The molecule has 0 saturated heterocycles. The average molecular weight is 408 g/mol. The minimum atomic E-state index is -1.28. The second-order valence-corrected chi connectivity index (χ2v) is 7.30. The summed E-state index contributed by atoms with van der Waals surface area (Å²) in [6.45, 7) is 2.24. The maximum atomic E-state index is 11.6. The van der Waals surface area contributed by atoms with Crippen LogP contribution in [0.2, 0.25) is 0 Å². The van der Waals surface area contributed by atoms with Crippen molar-refractivity contribution in [1.82, 2.24) is 0 Å². The number of ether oxygens (including phenoxy) is 1. The zero-order valence-corrected chi connectivity index (χ0v) is 20.0. The Bertz CT molecular complexity index is 418. The fourth-order valence-electron chi connectivity index (χ4n) is 2.92. The zero-order chi connectivity index (χ0) is 20.3. The van der Waals surface area contributed by atoms with Gasteiger partial charge in [-0.25, -0.2) is 4.79 Å². The van der Waals surface area contributed by atoms with E-state index in [1.807, 2.05) is 0 Å². The Morgan fingerprint density at radius 3 is 1.64 bits per heavy atom. The van der Waals surface area contributed by atoms with Gasteiger partial charge in [-0.3, -0.25) is 4.79 Å². The summed E-state index contributed by atoms with van der Waals surface area (Å²) in [7, 11) is 0. The van der Waals surface area contributed by atoms with E-state index in [0.29, 0.717) is 6.42 Å². The van der Waals surface area contributed by atoms with Crippen molar-refractivity contribution >= 4 is 17.9 Å². The molecule has 0 saturated carbocycles. The van der Waals surface area contributed by atoms with Gasteiger partial charge in [-0.1, -0.05) is 84.0 Å². The van der Waals surface area contributed by atoms with Gasteiger partial charge in [-0.15, -0.1) is 0 Å².